The molecule has 1 aliphatic rings. The van der Waals surface area contributed by atoms with Crippen LogP contribution in [0.25, 0.3) is 0 Å². The van der Waals surface area contributed by atoms with Crippen molar-refractivity contribution >= 4 is 5.82 Å². The van der Waals surface area contributed by atoms with Crippen LogP contribution in [0.15, 0.2) is 12.4 Å². The number of hydrogen-bond acceptors (Lipinski definition) is 5. The monoisotopic (exact) mass is 265 g/mol. The number of anilines is 1. The summed E-state index contributed by atoms with van der Waals surface area (Å²) < 4.78 is 5.60. The minimum Gasteiger partial charge on any atom is -0.476 e. The van der Waals surface area contributed by atoms with Gasteiger partial charge in [-0.15, -0.1) is 0 Å². The molecule has 1 saturated heterocycles. The Hall–Kier alpha value is -1.36. The van der Waals surface area contributed by atoms with Crippen LogP contribution in [0.4, 0.5) is 5.82 Å². The van der Waals surface area contributed by atoms with Gasteiger partial charge in [0.1, 0.15) is 0 Å². The van der Waals surface area contributed by atoms with Crippen molar-refractivity contribution in [2.45, 2.75) is 26.7 Å². The van der Waals surface area contributed by atoms with Crippen molar-refractivity contribution in [1.29, 1.82) is 0 Å². The first kappa shape index (κ1) is 14.1. The summed E-state index contributed by atoms with van der Waals surface area (Å²) in [6.07, 6.45) is 5.42. The summed E-state index contributed by atoms with van der Waals surface area (Å²) in [5, 5.41) is 8.98. The summed E-state index contributed by atoms with van der Waals surface area (Å²) in [5.41, 5.74) is 0. The first-order valence-corrected chi connectivity index (χ1v) is 6.99. The molecule has 0 amide bonds. The van der Waals surface area contributed by atoms with Gasteiger partial charge in [0, 0.05) is 19.7 Å². The SMILES string of the molecule is CC(C)COc1cncc(N2CC[C@H](CCO)C2)n1. The van der Waals surface area contributed by atoms with Crippen LogP contribution < -0.4 is 9.64 Å². The van der Waals surface area contributed by atoms with Crippen LogP contribution in [0.5, 0.6) is 5.88 Å². The summed E-state index contributed by atoms with van der Waals surface area (Å²) in [6, 6.07) is 0. The highest BCUT2D eigenvalue weighted by atomic mass is 16.5. The fourth-order valence-electron chi connectivity index (χ4n) is 2.27. The Balaban J connectivity index is 1.95. The molecule has 2 rings (SSSR count). The van der Waals surface area contributed by atoms with Gasteiger partial charge in [0.25, 0.3) is 0 Å². The lowest BCUT2D eigenvalue weighted by atomic mass is 10.1. The van der Waals surface area contributed by atoms with Gasteiger partial charge in [-0.3, -0.25) is 4.98 Å². The summed E-state index contributed by atoms with van der Waals surface area (Å²) in [5.74, 6) is 2.51. The molecule has 106 valence electrons. The second kappa shape index (κ2) is 6.70. The lowest BCUT2D eigenvalue weighted by molar-refractivity contribution is 0.260. The van der Waals surface area contributed by atoms with Crippen LogP contribution in [0, 0.1) is 11.8 Å². The van der Waals surface area contributed by atoms with Crippen LogP contribution in [-0.2, 0) is 0 Å². The number of ether oxygens (including phenoxy) is 1. The van der Waals surface area contributed by atoms with E-state index in [1.165, 1.54) is 0 Å². The number of hydrogen-bond donors (Lipinski definition) is 1. The van der Waals surface area contributed by atoms with Crippen molar-refractivity contribution in [3.8, 4) is 5.88 Å². The Morgan fingerprint density at radius 1 is 1.47 bits per heavy atom. The third-order valence-corrected chi connectivity index (χ3v) is 3.31. The Bertz CT molecular complexity index is 398. The zero-order chi connectivity index (χ0) is 13.7. The zero-order valence-corrected chi connectivity index (χ0v) is 11.7. The van der Waals surface area contributed by atoms with Gasteiger partial charge in [-0.25, -0.2) is 0 Å². The standard InChI is InChI=1S/C14H23N3O2/c1-11(2)10-19-14-8-15-7-13(16-14)17-5-3-12(9-17)4-6-18/h7-8,11-12,18H,3-6,9-10H2,1-2H3/t12-/m1/s1. The van der Waals surface area contributed by atoms with E-state index in [2.05, 4.69) is 28.7 Å². The molecular formula is C14H23N3O2. The van der Waals surface area contributed by atoms with E-state index in [1.54, 1.807) is 12.4 Å². The highest BCUT2D eigenvalue weighted by molar-refractivity contribution is 5.38. The Morgan fingerprint density at radius 3 is 3.05 bits per heavy atom. The molecular weight excluding hydrogens is 242 g/mol. The molecule has 0 bridgehead atoms. The summed E-state index contributed by atoms with van der Waals surface area (Å²) in [4.78, 5) is 10.9. The van der Waals surface area contributed by atoms with E-state index in [0.29, 0.717) is 24.3 Å². The molecule has 19 heavy (non-hydrogen) atoms. The number of aliphatic hydroxyl groups is 1. The third kappa shape index (κ3) is 4.06. The molecule has 0 aliphatic carbocycles. The van der Waals surface area contributed by atoms with E-state index in [1.807, 2.05) is 0 Å². The van der Waals surface area contributed by atoms with Gasteiger partial charge in [-0.1, -0.05) is 13.8 Å². The van der Waals surface area contributed by atoms with Crippen molar-refractivity contribution in [3.05, 3.63) is 12.4 Å². The fraction of sp³-hybridized carbons (Fsp3) is 0.714. The zero-order valence-electron chi connectivity index (χ0n) is 11.7. The number of rotatable bonds is 6. The fourth-order valence-corrected chi connectivity index (χ4v) is 2.27. The smallest absolute Gasteiger partial charge is 0.234 e. The molecule has 0 spiro atoms. The van der Waals surface area contributed by atoms with E-state index >= 15 is 0 Å². The quantitative estimate of drug-likeness (QED) is 0.848. The minimum absolute atomic E-state index is 0.266. The molecule has 1 atom stereocenters. The maximum Gasteiger partial charge on any atom is 0.234 e. The molecule has 1 aliphatic heterocycles. The molecule has 1 aromatic heterocycles. The molecule has 2 heterocycles. The van der Waals surface area contributed by atoms with Crippen LogP contribution >= 0.6 is 0 Å². The second-order valence-corrected chi connectivity index (χ2v) is 5.53. The largest absolute Gasteiger partial charge is 0.476 e. The molecule has 1 aromatic rings. The summed E-state index contributed by atoms with van der Waals surface area (Å²) >= 11 is 0. The Labute approximate surface area is 114 Å². The van der Waals surface area contributed by atoms with Gasteiger partial charge >= 0.3 is 0 Å². The van der Waals surface area contributed by atoms with Crippen molar-refractivity contribution in [2.24, 2.45) is 11.8 Å². The average molecular weight is 265 g/mol. The molecule has 1 fully saturated rings. The number of aromatic nitrogens is 2. The highest BCUT2D eigenvalue weighted by Gasteiger charge is 2.23. The van der Waals surface area contributed by atoms with Gasteiger partial charge in [0.2, 0.25) is 5.88 Å². The normalized spacial score (nSPS) is 19.2. The molecule has 0 unspecified atom stereocenters. The highest BCUT2D eigenvalue weighted by Crippen LogP contribution is 2.24. The predicted octanol–water partition coefficient (Wildman–Crippen LogP) is 1.72. The molecule has 0 radical (unpaired) electrons. The predicted molar refractivity (Wildman–Crippen MR) is 74.4 cm³/mol. The third-order valence-electron chi connectivity index (χ3n) is 3.31. The summed E-state index contributed by atoms with van der Waals surface area (Å²) in [7, 11) is 0. The molecule has 5 nitrogen and oxygen atoms in total. The van der Waals surface area contributed by atoms with Gasteiger partial charge in [-0.2, -0.15) is 4.98 Å². The maximum absolute atomic E-state index is 8.98. The second-order valence-electron chi connectivity index (χ2n) is 5.53. The van der Waals surface area contributed by atoms with Gasteiger partial charge in [-0.05, 0) is 24.7 Å². The average Bonchev–Trinajstić information content (AvgIpc) is 2.86. The van der Waals surface area contributed by atoms with Crippen molar-refractivity contribution in [3.63, 3.8) is 0 Å². The van der Waals surface area contributed by atoms with Gasteiger partial charge < -0.3 is 14.7 Å². The van der Waals surface area contributed by atoms with Crippen LogP contribution in [-0.4, -0.2) is 41.4 Å². The minimum atomic E-state index is 0.266. The van der Waals surface area contributed by atoms with E-state index in [0.717, 1.165) is 31.7 Å². The topological polar surface area (TPSA) is 58.5 Å². The van der Waals surface area contributed by atoms with Crippen LogP contribution in [0.3, 0.4) is 0 Å². The summed E-state index contributed by atoms with van der Waals surface area (Å²) in [6.45, 7) is 7.07. The van der Waals surface area contributed by atoms with Crippen molar-refractivity contribution in [2.75, 3.05) is 31.2 Å². The van der Waals surface area contributed by atoms with Gasteiger partial charge in [0.05, 0.1) is 19.0 Å². The maximum atomic E-state index is 8.98. The first-order valence-electron chi connectivity index (χ1n) is 6.99. The number of nitrogens with zero attached hydrogens (tertiary/aromatic N) is 3. The van der Waals surface area contributed by atoms with Gasteiger partial charge in [0.15, 0.2) is 5.82 Å². The Kier molecular flexibility index (Phi) is 4.96. The molecule has 0 aromatic carbocycles. The van der Waals surface area contributed by atoms with E-state index in [9.17, 15) is 0 Å². The van der Waals surface area contributed by atoms with E-state index in [4.69, 9.17) is 9.84 Å². The first-order chi connectivity index (χ1) is 9.19. The lowest BCUT2D eigenvalue weighted by Gasteiger charge is -2.17. The molecule has 5 heteroatoms. The van der Waals surface area contributed by atoms with E-state index < -0.39 is 0 Å². The molecule has 0 saturated carbocycles. The molecule has 1 N–H and O–H groups in total. The lowest BCUT2D eigenvalue weighted by Crippen LogP contribution is -2.21. The number of aliphatic hydroxyl groups excluding tert-OH is 1. The van der Waals surface area contributed by atoms with Crippen molar-refractivity contribution < 1.29 is 9.84 Å². The van der Waals surface area contributed by atoms with E-state index in [-0.39, 0.29) is 6.61 Å². The van der Waals surface area contributed by atoms with Crippen LogP contribution in [0.1, 0.15) is 26.7 Å². The van der Waals surface area contributed by atoms with Crippen molar-refractivity contribution in [1.82, 2.24) is 9.97 Å². The van der Waals surface area contributed by atoms with Crippen LogP contribution in [0.2, 0.25) is 0 Å². The Morgan fingerprint density at radius 2 is 2.32 bits per heavy atom.